The van der Waals surface area contributed by atoms with Gasteiger partial charge in [0.05, 0.1) is 0 Å². The second-order valence-electron chi connectivity index (χ2n) is 7.90. The van der Waals surface area contributed by atoms with E-state index in [4.69, 9.17) is 0 Å². The molecule has 0 aromatic heterocycles. The molecule has 0 amide bonds. The predicted molar refractivity (Wildman–Crippen MR) is 79.7 cm³/mol. The van der Waals surface area contributed by atoms with E-state index in [1.807, 2.05) is 41.5 Å². The molecule has 0 aromatic carbocycles. The first-order valence-electron chi connectivity index (χ1n) is 7.30. The summed E-state index contributed by atoms with van der Waals surface area (Å²) in [6.45, 7) is 12.1. The van der Waals surface area contributed by atoms with Gasteiger partial charge in [-0.2, -0.15) is 13.2 Å². The van der Waals surface area contributed by atoms with Crippen LogP contribution in [-0.4, -0.2) is 32.9 Å². The van der Waals surface area contributed by atoms with Crippen molar-refractivity contribution in [3.63, 3.8) is 0 Å². The molecule has 1 fully saturated rings. The van der Waals surface area contributed by atoms with Gasteiger partial charge in [-0.1, -0.05) is 62.3 Å². The lowest BCUT2D eigenvalue weighted by Gasteiger charge is -2.53. The normalized spacial score (nSPS) is 29.9. The lowest BCUT2D eigenvalue weighted by Crippen LogP contribution is -2.57. The highest BCUT2D eigenvalue weighted by Gasteiger charge is 2.62. The maximum absolute atomic E-state index is 13.5. The first-order valence-corrected chi connectivity index (χ1v) is 8.71. The molecular weight excluding hydrogens is 284 g/mol. The van der Waals surface area contributed by atoms with Crippen LogP contribution in [0.5, 0.6) is 0 Å². The molecule has 120 valence electrons. The Balaban J connectivity index is 3.29. The Morgan fingerprint density at radius 3 is 1.75 bits per heavy atom. The predicted octanol–water partition coefficient (Wildman–Crippen LogP) is 5.30. The van der Waals surface area contributed by atoms with Crippen molar-refractivity contribution in [3.8, 4) is 0 Å². The number of hydrogen-bond donors (Lipinski definition) is 1. The lowest BCUT2D eigenvalue weighted by molar-refractivity contribution is -0.267. The molecular formula is C15H28F3OP. The summed E-state index contributed by atoms with van der Waals surface area (Å²) in [5.41, 5.74) is -3.16. The van der Waals surface area contributed by atoms with Crippen molar-refractivity contribution < 1.29 is 18.3 Å². The molecule has 1 nitrogen and oxygen atoms in total. The van der Waals surface area contributed by atoms with Crippen molar-refractivity contribution in [2.75, 3.05) is 0 Å². The molecule has 0 aliphatic heterocycles. The summed E-state index contributed by atoms with van der Waals surface area (Å²) in [7, 11) is -0.983. The Morgan fingerprint density at radius 1 is 0.950 bits per heavy atom. The van der Waals surface area contributed by atoms with Gasteiger partial charge >= 0.3 is 6.18 Å². The Labute approximate surface area is 122 Å². The second-order valence-corrected chi connectivity index (χ2v) is 11.9. The summed E-state index contributed by atoms with van der Waals surface area (Å²) in [6.07, 6.45) is -2.95. The van der Waals surface area contributed by atoms with Gasteiger partial charge in [-0.05, 0) is 23.2 Å². The quantitative estimate of drug-likeness (QED) is 0.651. The number of halogens is 3. The van der Waals surface area contributed by atoms with Crippen LogP contribution in [0.25, 0.3) is 0 Å². The fourth-order valence-electron chi connectivity index (χ4n) is 3.75. The highest BCUT2D eigenvalue weighted by molar-refractivity contribution is 7.61. The van der Waals surface area contributed by atoms with E-state index in [-0.39, 0.29) is 16.7 Å². The first-order chi connectivity index (χ1) is 8.71. The topological polar surface area (TPSA) is 20.2 Å². The van der Waals surface area contributed by atoms with Crippen LogP contribution in [-0.2, 0) is 0 Å². The van der Waals surface area contributed by atoms with Crippen LogP contribution < -0.4 is 0 Å². The Hall–Kier alpha value is 0.180. The molecule has 1 saturated carbocycles. The van der Waals surface area contributed by atoms with Gasteiger partial charge in [0.2, 0.25) is 0 Å². The van der Waals surface area contributed by atoms with Gasteiger partial charge < -0.3 is 5.11 Å². The standard InChI is InChI=1S/C15H28F3OP/c1-12(2,3)20(13(4,5)6)11-9-7-8-10-14(11,19)15(16,17)18/h11,19H,7-10H2,1-6H3. The number of hydrogen-bond acceptors (Lipinski definition) is 1. The van der Waals surface area contributed by atoms with Gasteiger partial charge in [-0.25, -0.2) is 0 Å². The van der Waals surface area contributed by atoms with Crippen molar-refractivity contribution >= 4 is 7.92 Å². The van der Waals surface area contributed by atoms with Crippen LogP contribution in [0.4, 0.5) is 13.2 Å². The fourth-order valence-corrected chi connectivity index (χ4v) is 8.78. The van der Waals surface area contributed by atoms with Gasteiger partial charge in [-0.3, -0.25) is 0 Å². The summed E-state index contributed by atoms with van der Waals surface area (Å²) >= 11 is 0. The minimum atomic E-state index is -4.53. The van der Waals surface area contributed by atoms with Crippen molar-refractivity contribution in [3.05, 3.63) is 0 Å². The number of rotatable bonds is 1. The van der Waals surface area contributed by atoms with Crippen molar-refractivity contribution in [1.82, 2.24) is 0 Å². The molecule has 2 unspecified atom stereocenters. The molecule has 0 spiro atoms. The third-order valence-electron chi connectivity index (χ3n) is 4.08. The van der Waals surface area contributed by atoms with E-state index in [1.54, 1.807) is 0 Å². The zero-order valence-electron chi connectivity index (χ0n) is 13.4. The summed E-state index contributed by atoms with van der Waals surface area (Å²) in [4.78, 5) is 0. The number of alkyl halides is 3. The largest absolute Gasteiger partial charge is 0.417 e. The molecule has 1 aliphatic carbocycles. The molecule has 0 bridgehead atoms. The summed E-state index contributed by atoms with van der Waals surface area (Å²) in [5, 5.41) is 10.0. The van der Waals surface area contributed by atoms with Crippen molar-refractivity contribution in [2.24, 2.45) is 0 Å². The second kappa shape index (κ2) is 5.43. The van der Waals surface area contributed by atoms with E-state index in [0.717, 1.165) is 6.42 Å². The van der Waals surface area contributed by atoms with Crippen LogP contribution >= 0.6 is 7.92 Å². The zero-order chi connectivity index (χ0) is 16.0. The lowest BCUT2D eigenvalue weighted by atomic mass is 9.83. The Kier molecular flexibility index (Phi) is 4.95. The van der Waals surface area contributed by atoms with E-state index in [9.17, 15) is 18.3 Å². The van der Waals surface area contributed by atoms with E-state index < -0.39 is 25.4 Å². The van der Waals surface area contributed by atoms with E-state index in [0.29, 0.717) is 12.8 Å². The van der Waals surface area contributed by atoms with Gasteiger partial charge in [0.25, 0.3) is 0 Å². The smallest absolute Gasteiger partial charge is 0.380 e. The molecule has 0 heterocycles. The molecule has 20 heavy (non-hydrogen) atoms. The van der Waals surface area contributed by atoms with E-state index in [1.165, 1.54) is 0 Å². The first kappa shape index (κ1) is 18.2. The maximum Gasteiger partial charge on any atom is 0.417 e. The molecule has 1 rings (SSSR count). The summed E-state index contributed by atoms with van der Waals surface area (Å²) in [5.74, 6) is 0. The highest BCUT2D eigenvalue weighted by Crippen LogP contribution is 2.68. The van der Waals surface area contributed by atoms with Crippen molar-refractivity contribution in [1.29, 1.82) is 0 Å². The van der Waals surface area contributed by atoms with E-state index in [2.05, 4.69) is 0 Å². The van der Waals surface area contributed by atoms with E-state index >= 15 is 0 Å². The monoisotopic (exact) mass is 312 g/mol. The van der Waals surface area contributed by atoms with Gasteiger partial charge in [-0.15, -0.1) is 0 Å². The minimum absolute atomic E-state index is 0.147. The van der Waals surface area contributed by atoms with Gasteiger partial charge in [0.15, 0.2) is 5.60 Å². The van der Waals surface area contributed by atoms with Crippen LogP contribution in [0, 0.1) is 0 Å². The fraction of sp³-hybridized carbons (Fsp3) is 1.00. The third kappa shape index (κ3) is 3.50. The Morgan fingerprint density at radius 2 is 1.40 bits per heavy atom. The zero-order valence-corrected chi connectivity index (χ0v) is 14.3. The van der Waals surface area contributed by atoms with Crippen LogP contribution in [0.1, 0.15) is 67.2 Å². The molecule has 0 radical (unpaired) electrons. The highest BCUT2D eigenvalue weighted by atomic mass is 31.1. The molecule has 0 aromatic rings. The SMILES string of the molecule is CC(C)(C)P(C1CCCCC1(O)C(F)(F)F)C(C)(C)C. The third-order valence-corrected chi connectivity index (χ3v) is 8.28. The average Bonchev–Trinajstić information content (AvgIpc) is 2.15. The Bertz CT molecular complexity index is 326. The van der Waals surface area contributed by atoms with Gasteiger partial charge in [0, 0.05) is 5.66 Å². The van der Waals surface area contributed by atoms with Crippen LogP contribution in [0.15, 0.2) is 0 Å². The average molecular weight is 312 g/mol. The van der Waals surface area contributed by atoms with Crippen LogP contribution in [0.3, 0.4) is 0 Å². The maximum atomic E-state index is 13.5. The molecule has 1 aliphatic rings. The number of aliphatic hydroxyl groups is 1. The van der Waals surface area contributed by atoms with Gasteiger partial charge in [0.1, 0.15) is 0 Å². The van der Waals surface area contributed by atoms with Crippen molar-refractivity contribution in [2.45, 2.75) is 95.0 Å². The molecule has 0 saturated heterocycles. The summed E-state index contributed by atoms with van der Waals surface area (Å²) in [6, 6.07) is 0. The summed E-state index contributed by atoms with van der Waals surface area (Å²) < 4.78 is 40.4. The molecule has 5 heteroatoms. The molecule has 2 atom stereocenters. The molecule has 1 N–H and O–H groups in total. The minimum Gasteiger partial charge on any atom is -0.380 e. The van der Waals surface area contributed by atoms with Crippen LogP contribution in [0.2, 0.25) is 0 Å².